The van der Waals surface area contributed by atoms with Crippen LogP contribution in [0.15, 0.2) is 18.5 Å². The van der Waals surface area contributed by atoms with Crippen molar-refractivity contribution in [2.75, 3.05) is 43.5 Å². The van der Waals surface area contributed by atoms with Gasteiger partial charge in [0.05, 0.1) is 0 Å². The fraction of sp³-hybridized carbons (Fsp3) is 0.538. The van der Waals surface area contributed by atoms with Gasteiger partial charge in [0.1, 0.15) is 12.1 Å². The van der Waals surface area contributed by atoms with E-state index in [-0.39, 0.29) is 0 Å². The number of aromatic nitrogens is 3. The number of hydrogen-bond donors (Lipinski definition) is 0. The molecule has 102 valence electrons. The summed E-state index contributed by atoms with van der Waals surface area (Å²) in [4.78, 5) is 9.05. The third kappa shape index (κ3) is 2.53. The quantitative estimate of drug-likeness (QED) is 0.796. The third-order valence-corrected chi connectivity index (χ3v) is 3.77. The van der Waals surface area contributed by atoms with Crippen LogP contribution >= 0.6 is 11.6 Å². The Morgan fingerprint density at radius 3 is 2.74 bits per heavy atom. The van der Waals surface area contributed by atoms with Gasteiger partial charge in [-0.1, -0.05) is 0 Å². The van der Waals surface area contributed by atoms with Gasteiger partial charge in [-0.3, -0.25) is 4.90 Å². The van der Waals surface area contributed by atoms with E-state index in [1.54, 1.807) is 6.33 Å². The molecule has 0 radical (unpaired) electrons. The molecule has 3 heterocycles. The van der Waals surface area contributed by atoms with Gasteiger partial charge < -0.3 is 4.90 Å². The molecule has 0 aliphatic carbocycles. The zero-order chi connectivity index (χ0) is 13.2. The highest BCUT2D eigenvalue weighted by atomic mass is 35.5. The lowest BCUT2D eigenvalue weighted by Crippen LogP contribution is -2.47. The Labute approximate surface area is 117 Å². The summed E-state index contributed by atoms with van der Waals surface area (Å²) in [6, 6.07) is 4.24. The number of hydrogen-bond acceptors (Lipinski definition) is 4. The van der Waals surface area contributed by atoms with Crippen LogP contribution < -0.4 is 4.90 Å². The maximum Gasteiger partial charge on any atom is 0.157 e. The first-order chi connectivity index (χ1) is 9.28. The first-order valence-electron chi connectivity index (χ1n) is 6.61. The predicted molar refractivity (Wildman–Crippen MR) is 77.1 cm³/mol. The topological polar surface area (TPSA) is 36.7 Å². The number of alkyl halides is 1. The second-order valence-corrected chi connectivity index (χ2v) is 5.32. The molecule has 0 unspecified atom stereocenters. The minimum atomic E-state index is 0.706. The molecule has 1 saturated heterocycles. The summed E-state index contributed by atoms with van der Waals surface area (Å²) >= 11 is 5.79. The minimum absolute atomic E-state index is 0.706. The first-order valence-corrected chi connectivity index (χ1v) is 7.15. The number of piperazine rings is 1. The van der Waals surface area contributed by atoms with E-state index in [1.807, 2.05) is 4.52 Å². The SMILES string of the molecule is Cc1cc(N2CCN(CCCl)CC2)n2ncnc2c1. The van der Waals surface area contributed by atoms with Crippen LogP contribution in [0.2, 0.25) is 0 Å². The Morgan fingerprint density at radius 2 is 2.00 bits per heavy atom. The average molecular weight is 280 g/mol. The Morgan fingerprint density at radius 1 is 1.21 bits per heavy atom. The summed E-state index contributed by atoms with van der Waals surface area (Å²) in [6.07, 6.45) is 1.61. The van der Waals surface area contributed by atoms with Crippen molar-refractivity contribution in [3.63, 3.8) is 0 Å². The van der Waals surface area contributed by atoms with Crippen molar-refractivity contribution in [3.05, 3.63) is 24.0 Å². The van der Waals surface area contributed by atoms with Gasteiger partial charge in [0, 0.05) is 38.6 Å². The Hall–Kier alpha value is -1.33. The molecule has 5 nitrogen and oxygen atoms in total. The standard InChI is InChI=1S/C13H18ClN5/c1-11-8-12-15-10-16-19(12)13(9-11)18-6-4-17(3-2-14)5-7-18/h8-10H,2-7H2,1H3. The molecule has 2 aromatic rings. The first kappa shape index (κ1) is 12.7. The summed E-state index contributed by atoms with van der Waals surface area (Å²) in [5.74, 6) is 1.84. The van der Waals surface area contributed by atoms with Gasteiger partial charge in [-0.25, -0.2) is 4.98 Å². The minimum Gasteiger partial charge on any atom is -0.354 e. The highest BCUT2D eigenvalue weighted by molar-refractivity contribution is 6.18. The zero-order valence-corrected chi connectivity index (χ0v) is 11.8. The number of pyridine rings is 1. The van der Waals surface area contributed by atoms with Crippen LogP contribution in [0.3, 0.4) is 0 Å². The summed E-state index contributed by atoms with van der Waals surface area (Å²) in [5, 5.41) is 4.32. The normalized spacial score (nSPS) is 17.3. The maximum atomic E-state index is 5.79. The van der Waals surface area contributed by atoms with Crippen LogP contribution in [-0.2, 0) is 0 Å². The van der Waals surface area contributed by atoms with Gasteiger partial charge >= 0.3 is 0 Å². The Balaban J connectivity index is 1.83. The van der Waals surface area contributed by atoms with E-state index >= 15 is 0 Å². The molecule has 1 aliphatic rings. The molecule has 0 atom stereocenters. The fourth-order valence-electron chi connectivity index (χ4n) is 2.58. The Bertz CT molecular complexity index is 559. The monoisotopic (exact) mass is 279 g/mol. The largest absolute Gasteiger partial charge is 0.354 e. The van der Waals surface area contributed by atoms with E-state index in [1.165, 1.54) is 5.56 Å². The third-order valence-electron chi connectivity index (χ3n) is 3.60. The lowest BCUT2D eigenvalue weighted by Gasteiger charge is -2.35. The van der Waals surface area contributed by atoms with Gasteiger partial charge in [-0.15, -0.1) is 11.6 Å². The second-order valence-electron chi connectivity index (χ2n) is 4.94. The predicted octanol–water partition coefficient (Wildman–Crippen LogP) is 1.40. The van der Waals surface area contributed by atoms with Crippen LogP contribution in [0.25, 0.3) is 5.65 Å². The van der Waals surface area contributed by atoms with Crippen molar-refractivity contribution in [2.24, 2.45) is 0 Å². The number of rotatable bonds is 3. The molecule has 0 bridgehead atoms. The van der Waals surface area contributed by atoms with E-state index in [2.05, 4.69) is 38.9 Å². The van der Waals surface area contributed by atoms with Crippen LogP contribution in [0, 0.1) is 6.92 Å². The molecule has 0 spiro atoms. The molecule has 1 aliphatic heterocycles. The van der Waals surface area contributed by atoms with E-state index in [9.17, 15) is 0 Å². The lowest BCUT2D eigenvalue weighted by molar-refractivity contribution is 0.271. The van der Waals surface area contributed by atoms with Crippen molar-refractivity contribution in [2.45, 2.75) is 6.92 Å². The number of nitrogens with zero attached hydrogens (tertiary/aromatic N) is 5. The second kappa shape index (κ2) is 5.35. The van der Waals surface area contributed by atoms with Gasteiger partial charge in [0.25, 0.3) is 0 Å². The highest BCUT2D eigenvalue weighted by Gasteiger charge is 2.19. The van der Waals surface area contributed by atoms with E-state index in [0.717, 1.165) is 44.2 Å². The number of halogens is 1. The van der Waals surface area contributed by atoms with Gasteiger partial charge in [-0.2, -0.15) is 9.61 Å². The van der Waals surface area contributed by atoms with E-state index < -0.39 is 0 Å². The average Bonchev–Trinajstić information content (AvgIpc) is 2.87. The fourth-order valence-corrected chi connectivity index (χ4v) is 2.82. The summed E-state index contributed by atoms with van der Waals surface area (Å²) in [5.41, 5.74) is 2.14. The van der Waals surface area contributed by atoms with Crippen LogP contribution in [0.1, 0.15) is 5.56 Å². The van der Waals surface area contributed by atoms with Gasteiger partial charge in [0.15, 0.2) is 5.65 Å². The zero-order valence-electron chi connectivity index (χ0n) is 11.1. The lowest BCUT2D eigenvalue weighted by atomic mass is 10.2. The van der Waals surface area contributed by atoms with Crippen LogP contribution in [0.5, 0.6) is 0 Å². The van der Waals surface area contributed by atoms with Gasteiger partial charge in [0.2, 0.25) is 0 Å². The number of aryl methyl sites for hydroxylation is 1. The molecular formula is C13H18ClN5. The summed E-state index contributed by atoms with van der Waals surface area (Å²) in [7, 11) is 0. The molecule has 0 N–H and O–H groups in total. The van der Waals surface area contributed by atoms with Crippen molar-refractivity contribution in [1.82, 2.24) is 19.5 Å². The molecule has 2 aromatic heterocycles. The molecule has 1 fully saturated rings. The molecule has 0 saturated carbocycles. The Kier molecular flexibility index (Phi) is 3.57. The molecular weight excluding hydrogens is 262 g/mol. The highest BCUT2D eigenvalue weighted by Crippen LogP contribution is 2.19. The number of anilines is 1. The maximum absolute atomic E-state index is 5.79. The number of fused-ring (bicyclic) bond motifs is 1. The molecule has 0 aromatic carbocycles. The van der Waals surface area contributed by atoms with Crippen LogP contribution in [0.4, 0.5) is 5.82 Å². The van der Waals surface area contributed by atoms with E-state index in [0.29, 0.717) is 5.88 Å². The van der Waals surface area contributed by atoms with Crippen molar-refractivity contribution < 1.29 is 0 Å². The van der Waals surface area contributed by atoms with Gasteiger partial charge in [-0.05, 0) is 24.6 Å². The molecule has 19 heavy (non-hydrogen) atoms. The summed E-state index contributed by atoms with van der Waals surface area (Å²) < 4.78 is 1.92. The summed E-state index contributed by atoms with van der Waals surface area (Å²) in [6.45, 7) is 7.20. The van der Waals surface area contributed by atoms with Crippen molar-refractivity contribution >= 4 is 23.1 Å². The molecule has 3 rings (SSSR count). The van der Waals surface area contributed by atoms with Crippen molar-refractivity contribution in [1.29, 1.82) is 0 Å². The molecule has 6 heteroatoms. The molecule has 0 amide bonds. The van der Waals surface area contributed by atoms with E-state index in [4.69, 9.17) is 11.6 Å². The van der Waals surface area contributed by atoms with Crippen LogP contribution in [-0.4, -0.2) is 58.1 Å². The van der Waals surface area contributed by atoms with Crippen molar-refractivity contribution in [3.8, 4) is 0 Å². The smallest absolute Gasteiger partial charge is 0.157 e.